The van der Waals surface area contributed by atoms with Crippen LogP contribution in [-0.4, -0.2) is 23.7 Å². The highest BCUT2D eigenvalue weighted by Crippen LogP contribution is 2.27. The van der Waals surface area contributed by atoms with Crippen molar-refractivity contribution in [2.45, 2.75) is 39.2 Å². The van der Waals surface area contributed by atoms with E-state index in [-0.39, 0.29) is 30.4 Å². The summed E-state index contributed by atoms with van der Waals surface area (Å²) in [4.78, 5) is 12.3. The van der Waals surface area contributed by atoms with Gasteiger partial charge in [-0.3, -0.25) is 4.79 Å². The first-order chi connectivity index (χ1) is 8.60. The number of aliphatic hydroxyl groups excluding tert-OH is 1. The van der Waals surface area contributed by atoms with Gasteiger partial charge in [-0.1, -0.05) is 50.6 Å². The summed E-state index contributed by atoms with van der Waals surface area (Å²) in [6.45, 7) is 5.94. The smallest absolute Gasteiger partial charge is 0.228 e. The Morgan fingerprint density at radius 3 is 2.39 bits per heavy atom. The first kappa shape index (κ1) is 14.7. The van der Waals surface area contributed by atoms with Gasteiger partial charge in [0.15, 0.2) is 0 Å². The number of benzene rings is 1. The summed E-state index contributed by atoms with van der Waals surface area (Å²) < 4.78 is 0. The van der Waals surface area contributed by atoms with Gasteiger partial charge in [0.25, 0.3) is 0 Å². The van der Waals surface area contributed by atoms with E-state index in [2.05, 4.69) is 19.2 Å². The van der Waals surface area contributed by atoms with Crippen molar-refractivity contribution < 1.29 is 9.90 Å². The zero-order valence-corrected chi connectivity index (χ0v) is 11.4. The summed E-state index contributed by atoms with van der Waals surface area (Å²) in [5, 5.41) is 11.9. The number of hydrogen-bond donors (Lipinski definition) is 2. The summed E-state index contributed by atoms with van der Waals surface area (Å²) in [6.07, 6.45) is 0.945. The number of rotatable bonds is 6. The highest BCUT2D eigenvalue weighted by molar-refractivity contribution is 5.84. The third-order valence-electron chi connectivity index (χ3n) is 3.32. The van der Waals surface area contributed by atoms with Gasteiger partial charge in [-0.05, 0) is 18.4 Å². The predicted molar refractivity (Wildman–Crippen MR) is 73.3 cm³/mol. The van der Waals surface area contributed by atoms with E-state index in [0.29, 0.717) is 0 Å². The molecule has 0 fully saturated rings. The molecule has 1 rings (SSSR count). The average molecular weight is 249 g/mol. The van der Waals surface area contributed by atoms with Crippen LogP contribution in [0.3, 0.4) is 0 Å². The maximum atomic E-state index is 12.3. The molecular weight excluding hydrogens is 226 g/mol. The Kier molecular flexibility index (Phi) is 5.86. The van der Waals surface area contributed by atoms with Crippen LogP contribution >= 0.6 is 0 Å². The lowest BCUT2D eigenvalue weighted by Gasteiger charge is -2.24. The van der Waals surface area contributed by atoms with E-state index in [1.165, 1.54) is 0 Å². The maximum Gasteiger partial charge on any atom is 0.228 e. The van der Waals surface area contributed by atoms with Crippen molar-refractivity contribution in [2.75, 3.05) is 6.61 Å². The minimum absolute atomic E-state index is 0.00269. The lowest BCUT2D eigenvalue weighted by Crippen LogP contribution is -2.40. The van der Waals surface area contributed by atoms with E-state index in [1.807, 2.05) is 30.3 Å². The molecule has 0 saturated carbocycles. The van der Waals surface area contributed by atoms with Crippen molar-refractivity contribution in [2.24, 2.45) is 5.92 Å². The van der Waals surface area contributed by atoms with Gasteiger partial charge in [-0.15, -0.1) is 0 Å². The molecule has 2 unspecified atom stereocenters. The fraction of sp³-hybridized carbons (Fsp3) is 0.533. The van der Waals surface area contributed by atoms with E-state index in [0.717, 1.165) is 12.0 Å². The number of amides is 1. The topological polar surface area (TPSA) is 49.3 Å². The van der Waals surface area contributed by atoms with Crippen LogP contribution < -0.4 is 5.32 Å². The Morgan fingerprint density at radius 1 is 1.28 bits per heavy atom. The van der Waals surface area contributed by atoms with Gasteiger partial charge in [0.05, 0.1) is 12.5 Å². The fourth-order valence-corrected chi connectivity index (χ4v) is 2.01. The second kappa shape index (κ2) is 7.17. The van der Waals surface area contributed by atoms with Crippen LogP contribution in [0.2, 0.25) is 0 Å². The van der Waals surface area contributed by atoms with Gasteiger partial charge >= 0.3 is 0 Å². The molecule has 0 bridgehead atoms. The number of nitrogens with one attached hydrogen (secondary N) is 1. The molecule has 3 heteroatoms. The molecule has 1 aromatic rings. The van der Waals surface area contributed by atoms with Crippen LogP contribution in [-0.2, 0) is 4.79 Å². The molecule has 0 aliphatic carbocycles. The maximum absolute atomic E-state index is 12.3. The van der Waals surface area contributed by atoms with E-state index in [1.54, 1.807) is 6.92 Å². The normalized spacial score (nSPS) is 15.8. The zero-order chi connectivity index (χ0) is 13.5. The molecule has 100 valence electrons. The van der Waals surface area contributed by atoms with Gasteiger partial charge in [-0.2, -0.15) is 0 Å². The third-order valence-corrected chi connectivity index (χ3v) is 3.32. The molecular formula is C15H23NO2. The Hall–Kier alpha value is -1.35. The van der Waals surface area contributed by atoms with Crippen molar-refractivity contribution in [3.8, 4) is 0 Å². The van der Waals surface area contributed by atoms with Crippen LogP contribution in [0.5, 0.6) is 0 Å². The van der Waals surface area contributed by atoms with E-state index >= 15 is 0 Å². The summed E-state index contributed by atoms with van der Waals surface area (Å²) in [6, 6.07) is 9.62. The number of carbonyl (C=O) groups excluding carboxylic acids is 1. The van der Waals surface area contributed by atoms with Crippen LogP contribution in [0, 0.1) is 5.92 Å². The van der Waals surface area contributed by atoms with Crippen molar-refractivity contribution in [1.29, 1.82) is 0 Å². The Balaban J connectivity index is 2.89. The first-order valence-electron chi connectivity index (χ1n) is 6.56. The number of carbonyl (C=O) groups is 1. The molecule has 0 radical (unpaired) electrons. The summed E-state index contributed by atoms with van der Waals surface area (Å²) >= 11 is 0. The quantitative estimate of drug-likeness (QED) is 0.813. The summed E-state index contributed by atoms with van der Waals surface area (Å²) in [5.41, 5.74) is 1.04. The highest BCUT2D eigenvalue weighted by atomic mass is 16.3. The van der Waals surface area contributed by atoms with Gasteiger partial charge in [-0.25, -0.2) is 0 Å². The Labute approximate surface area is 109 Å². The lowest BCUT2D eigenvalue weighted by molar-refractivity contribution is -0.124. The van der Waals surface area contributed by atoms with Crippen molar-refractivity contribution in [1.82, 2.24) is 5.32 Å². The van der Waals surface area contributed by atoms with E-state index in [4.69, 9.17) is 5.11 Å². The zero-order valence-electron chi connectivity index (χ0n) is 11.4. The second-order valence-corrected chi connectivity index (χ2v) is 4.87. The van der Waals surface area contributed by atoms with Gasteiger partial charge < -0.3 is 10.4 Å². The van der Waals surface area contributed by atoms with E-state index < -0.39 is 0 Å². The van der Waals surface area contributed by atoms with Crippen molar-refractivity contribution in [3.63, 3.8) is 0 Å². The summed E-state index contributed by atoms with van der Waals surface area (Å²) in [5.74, 6) is 0.126. The minimum Gasteiger partial charge on any atom is -0.394 e. The largest absolute Gasteiger partial charge is 0.394 e. The number of hydrogen-bond acceptors (Lipinski definition) is 2. The molecule has 1 amide bonds. The van der Waals surface area contributed by atoms with Gasteiger partial charge in [0.1, 0.15) is 0 Å². The fourth-order valence-electron chi connectivity index (χ4n) is 2.01. The second-order valence-electron chi connectivity index (χ2n) is 4.87. The molecule has 0 aliphatic heterocycles. The van der Waals surface area contributed by atoms with E-state index in [9.17, 15) is 4.79 Å². The molecule has 0 spiro atoms. The minimum atomic E-state index is -0.201. The Bertz CT molecular complexity index is 364. The highest BCUT2D eigenvalue weighted by Gasteiger charge is 2.26. The first-order valence-corrected chi connectivity index (χ1v) is 6.56. The van der Waals surface area contributed by atoms with Crippen LogP contribution in [0.25, 0.3) is 0 Å². The summed E-state index contributed by atoms with van der Waals surface area (Å²) in [7, 11) is 0. The van der Waals surface area contributed by atoms with Crippen LogP contribution in [0.1, 0.15) is 38.7 Å². The monoisotopic (exact) mass is 249 g/mol. The number of aliphatic hydroxyl groups is 1. The van der Waals surface area contributed by atoms with Crippen molar-refractivity contribution in [3.05, 3.63) is 35.9 Å². The van der Waals surface area contributed by atoms with Crippen LogP contribution in [0.4, 0.5) is 0 Å². The molecule has 0 saturated heterocycles. The molecule has 3 atom stereocenters. The predicted octanol–water partition coefficient (Wildman–Crippen LogP) is 2.31. The molecule has 3 nitrogen and oxygen atoms in total. The molecule has 18 heavy (non-hydrogen) atoms. The average Bonchev–Trinajstić information content (AvgIpc) is 2.39. The molecule has 0 aromatic heterocycles. The van der Waals surface area contributed by atoms with Crippen molar-refractivity contribution >= 4 is 5.91 Å². The van der Waals surface area contributed by atoms with Gasteiger partial charge in [0, 0.05) is 6.04 Å². The molecule has 2 N–H and O–H groups in total. The SMILES string of the molecule is CCC(C)C(C(=O)N[C@@H](C)CO)c1ccccc1. The Morgan fingerprint density at radius 2 is 1.89 bits per heavy atom. The van der Waals surface area contributed by atoms with Crippen LogP contribution in [0.15, 0.2) is 30.3 Å². The molecule has 0 heterocycles. The lowest BCUT2D eigenvalue weighted by atomic mass is 9.84. The molecule has 0 aliphatic rings. The molecule has 1 aromatic carbocycles. The van der Waals surface area contributed by atoms with Gasteiger partial charge in [0.2, 0.25) is 5.91 Å². The standard InChI is InChI=1S/C15H23NO2/c1-4-11(2)14(13-8-6-5-7-9-13)15(18)16-12(3)10-17/h5-9,11-12,14,17H,4,10H2,1-3H3,(H,16,18)/t11?,12-,14?/m0/s1. The third kappa shape index (κ3) is 3.84.